The van der Waals surface area contributed by atoms with Crippen LogP contribution in [0.1, 0.15) is 6.42 Å². The van der Waals surface area contributed by atoms with Crippen LogP contribution in [-0.2, 0) is 9.53 Å². The van der Waals surface area contributed by atoms with Crippen LogP contribution in [-0.4, -0.2) is 44.1 Å². The van der Waals surface area contributed by atoms with Crippen LogP contribution in [0.25, 0.3) is 0 Å². The van der Waals surface area contributed by atoms with Gasteiger partial charge in [-0.2, -0.15) is 26.3 Å². The molecule has 9 heteroatoms. The van der Waals surface area contributed by atoms with Crippen LogP contribution < -0.4 is 0 Å². The summed E-state index contributed by atoms with van der Waals surface area (Å²) in [6.07, 6.45) is -12.2. The molecule has 0 aromatic carbocycles. The van der Waals surface area contributed by atoms with Crippen LogP contribution in [0.15, 0.2) is 4.99 Å². The van der Waals surface area contributed by atoms with Gasteiger partial charge in [-0.3, -0.25) is 9.79 Å². The summed E-state index contributed by atoms with van der Waals surface area (Å²) in [4.78, 5) is 13.3. The van der Waals surface area contributed by atoms with Gasteiger partial charge in [-0.25, -0.2) is 0 Å². The number of alkyl halides is 6. The van der Waals surface area contributed by atoms with Gasteiger partial charge in [0.15, 0.2) is 0 Å². The van der Waals surface area contributed by atoms with Crippen molar-refractivity contribution >= 4 is 11.5 Å². The Kier molecular flexibility index (Phi) is 5.59. The molecule has 0 aliphatic carbocycles. The average molecular weight is 265 g/mol. The Morgan fingerprint density at radius 1 is 1.12 bits per heavy atom. The highest BCUT2D eigenvalue weighted by Crippen LogP contribution is 2.24. The first-order chi connectivity index (χ1) is 7.59. The summed E-state index contributed by atoms with van der Waals surface area (Å²) in [5.74, 6) is -2.48. The lowest BCUT2D eigenvalue weighted by molar-refractivity contribution is -0.170. The van der Waals surface area contributed by atoms with Crippen molar-refractivity contribution in [1.29, 1.82) is 0 Å². The fourth-order valence-corrected chi connectivity index (χ4v) is 0.770. The van der Waals surface area contributed by atoms with Crippen LogP contribution >= 0.6 is 0 Å². The Morgan fingerprint density at radius 3 is 2.00 bits per heavy atom. The molecule has 0 bridgehead atoms. The van der Waals surface area contributed by atoms with Crippen LogP contribution in [0, 0.1) is 0 Å². The van der Waals surface area contributed by atoms with Crippen molar-refractivity contribution in [2.45, 2.75) is 18.8 Å². The number of methoxy groups -OCH3 is 1. The summed E-state index contributed by atoms with van der Waals surface area (Å²) in [6, 6.07) is 0. The number of Topliss-reactive ketones (excluding diaryl/α,β-unsaturated/α-hetero) is 1. The van der Waals surface area contributed by atoms with Crippen molar-refractivity contribution in [3.63, 3.8) is 0 Å². The van der Waals surface area contributed by atoms with Crippen LogP contribution in [0.5, 0.6) is 0 Å². The third-order valence-corrected chi connectivity index (χ3v) is 1.57. The van der Waals surface area contributed by atoms with Crippen molar-refractivity contribution in [1.82, 2.24) is 0 Å². The van der Waals surface area contributed by atoms with Crippen LogP contribution in [0.2, 0.25) is 0 Å². The molecule has 3 nitrogen and oxygen atoms in total. The molecule has 0 saturated carbocycles. The van der Waals surface area contributed by atoms with Gasteiger partial charge in [-0.05, 0) is 0 Å². The van der Waals surface area contributed by atoms with E-state index in [0.717, 1.165) is 0 Å². The van der Waals surface area contributed by atoms with E-state index in [9.17, 15) is 31.1 Å². The molecule has 0 radical (unpaired) electrons. The standard InChI is InChI=1S/C8H9F6NO2/c1-17-3-2-15-5(7(9,10)11)4-6(16)8(12,13)14/h2-4H2,1H3. The molecule has 0 atom stereocenters. The first-order valence-electron chi connectivity index (χ1n) is 4.28. The maximum absolute atomic E-state index is 12.2. The number of carbonyl (C=O) groups excluding carboxylic acids is 1. The molecule has 0 fully saturated rings. The second kappa shape index (κ2) is 5.99. The average Bonchev–Trinajstić information content (AvgIpc) is 2.13. The summed E-state index contributed by atoms with van der Waals surface area (Å²) >= 11 is 0. The third-order valence-electron chi connectivity index (χ3n) is 1.57. The minimum Gasteiger partial charge on any atom is -0.383 e. The SMILES string of the molecule is COCCN=C(CC(=O)C(F)(F)F)C(F)(F)F. The van der Waals surface area contributed by atoms with Crippen molar-refractivity contribution in [3.8, 4) is 0 Å². The lowest BCUT2D eigenvalue weighted by Gasteiger charge is -2.11. The first kappa shape index (κ1) is 15.9. The van der Waals surface area contributed by atoms with E-state index >= 15 is 0 Å². The summed E-state index contributed by atoms with van der Waals surface area (Å²) in [6.45, 7) is -0.643. The quantitative estimate of drug-likeness (QED) is 0.434. The Hall–Kier alpha value is -1.12. The van der Waals surface area contributed by atoms with Crippen molar-refractivity contribution in [3.05, 3.63) is 0 Å². The highest BCUT2D eigenvalue weighted by atomic mass is 19.4. The van der Waals surface area contributed by atoms with E-state index < -0.39 is 36.8 Å². The van der Waals surface area contributed by atoms with E-state index in [1.807, 2.05) is 0 Å². The third kappa shape index (κ3) is 6.25. The molecule has 0 heterocycles. The molecule has 0 aliphatic heterocycles. The highest BCUT2D eigenvalue weighted by Gasteiger charge is 2.44. The molecule has 0 rings (SSSR count). The van der Waals surface area contributed by atoms with Crippen molar-refractivity contribution in [2.24, 2.45) is 4.99 Å². The van der Waals surface area contributed by atoms with E-state index in [1.54, 1.807) is 0 Å². The molecule has 0 amide bonds. The lowest BCUT2D eigenvalue weighted by Crippen LogP contribution is -2.32. The molecule has 0 aromatic rings. The van der Waals surface area contributed by atoms with Gasteiger partial charge in [0.05, 0.1) is 19.6 Å². The monoisotopic (exact) mass is 265 g/mol. The Morgan fingerprint density at radius 2 is 1.65 bits per heavy atom. The molecule has 0 aromatic heterocycles. The Labute approximate surface area is 92.5 Å². The minimum atomic E-state index is -5.30. The fraction of sp³-hybridized carbons (Fsp3) is 0.750. The number of ether oxygens (including phenoxy) is 1. The van der Waals surface area contributed by atoms with Gasteiger partial charge in [0.1, 0.15) is 5.71 Å². The molecule has 0 spiro atoms. The number of hydrogen-bond acceptors (Lipinski definition) is 3. The van der Waals surface area contributed by atoms with E-state index in [4.69, 9.17) is 0 Å². The summed E-state index contributed by atoms with van der Waals surface area (Å²) in [5, 5.41) is 0. The van der Waals surface area contributed by atoms with Crippen molar-refractivity contribution in [2.75, 3.05) is 20.3 Å². The zero-order chi connectivity index (χ0) is 13.7. The number of aliphatic imine (C=N–C) groups is 1. The smallest absolute Gasteiger partial charge is 0.383 e. The molecular formula is C8H9F6NO2. The van der Waals surface area contributed by atoms with E-state index in [2.05, 4.69) is 9.73 Å². The predicted octanol–water partition coefficient (Wildman–Crippen LogP) is 2.16. The predicted molar refractivity (Wildman–Crippen MR) is 45.9 cm³/mol. The normalized spacial score (nSPS) is 13.9. The maximum Gasteiger partial charge on any atom is 0.450 e. The molecular weight excluding hydrogens is 256 g/mol. The summed E-state index contributed by atoms with van der Waals surface area (Å²) < 4.78 is 76.4. The van der Waals surface area contributed by atoms with Crippen molar-refractivity contribution < 1.29 is 35.9 Å². The van der Waals surface area contributed by atoms with Crippen LogP contribution in [0.4, 0.5) is 26.3 Å². The topological polar surface area (TPSA) is 38.7 Å². The zero-order valence-electron chi connectivity index (χ0n) is 8.65. The summed E-state index contributed by atoms with van der Waals surface area (Å²) in [7, 11) is 1.20. The fourth-order valence-electron chi connectivity index (χ4n) is 0.770. The molecule has 0 unspecified atom stereocenters. The van der Waals surface area contributed by atoms with Crippen LogP contribution in [0.3, 0.4) is 0 Å². The number of halogens is 6. The number of rotatable bonds is 5. The van der Waals surface area contributed by atoms with Gasteiger partial charge in [0.2, 0.25) is 5.78 Å². The highest BCUT2D eigenvalue weighted by molar-refractivity contribution is 6.06. The number of hydrogen-bond donors (Lipinski definition) is 0. The summed E-state index contributed by atoms with van der Waals surface area (Å²) in [5.41, 5.74) is -1.75. The number of carbonyl (C=O) groups is 1. The van der Waals surface area contributed by atoms with Gasteiger partial charge in [0, 0.05) is 7.11 Å². The largest absolute Gasteiger partial charge is 0.450 e. The van der Waals surface area contributed by atoms with Gasteiger partial charge in [-0.1, -0.05) is 0 Å². The van der Waals surface area contributed by atoms with Gasteiger partial charge in [0.25, 0.3) is 0 Å². The molecule has 0 aliphatic rings. The number of ketones is 1. The van der Waals surface area contributed by atoms with Gasteiger partial charge < -0.3 is 4.74 Å². The second-order valence-electron chi connectivity index (χ2n) is 2.92. The minimum absolute atomic E-state index is 0.181. The second-order valence-corrected chi connectivity index (χ2v) is 2.92. The molecule has 17 heavy (non-hydrogen) atoms. The zero-order valence-corrected chi connectivity index (χ0v) is 8.65. The first-order valence-corrected chi connectivity index (χ1v) is 4.28. The molecule has 0 saturated heterocycles. The van der Waals surface area contributed by atoms with E-state index in [-0.39, 0.29) is 6.61 Å². The molecule has 0 N–H and O–H groups in total. The van der Waals surface area contributed by atoms with Gasteiger partial charge in [-0.15, -0.1) is 0 Å². The number of nitrogens with zero attached hydrogens (tertiary/aromatic N) is 1. The molecule has 100 valence electrons. The van der Waals surface area contributed by atoms with Gasteiger partial charge >= 0.3 is 12.4 Å². The van der Waals surface area contributed by atoms with E-state index in [1.165, 1.54) is 7.11 Å². The maximum atomic E-state index is 12.2. The lowest BCUT2D eigenvalue weighted by atomic mass is 10.2. The van der Waals surface area contributed by atoms with E-state index in [0.29, 0.717) is 0 Å². The Bertz CT molecular complexity index is 293. The Balaban J connectivity index is 4.74.